The Balaban J connectivity index is 0.000000115. The van der Waals surface area contributed by atoms with Gasteiger partial charge < -0.3 is 13.7 Å². The molecular weight excluding hydrogens is 1790 g/mol. The predicted octanol–water partition coefficient (Wildman–Crippen LogP) is 33.9. The minimum absolute atomic E-state index is 0.642. The third-order valence-electron chi connectivity index (χ3n) is 27.2. The number of hydrogen-bond donors (Lipinski definition) is 0. The Morgan fingerprint density at radius 1 is 0.109 bits per heavy atom. The molecule has 0 aliphatic rings. The first kappa shape index (κ1) is 88.5. The first-order valence-corrected chi connectivity index (χ1v) is 49.4. The molecule has 6 aromatic heterocycles. The molecule has 0 bridgehead atoms. The fourth-order valence-electron chi connectivity index (χ4n) is 20.1. The van der Waals surface area contributed by atoms with Crippen LogP contribution in [0.4, 0.5) is 0 Å². The van der Waals surface area contributed by atoms with Crippen LogP contribution in [0.25, 0.3) is 252 Å². The summed E-state index contributed by atoms with van der Waals surface area (Å²) in [6.07, 6.45) is 0. The lowest BCUT2D eigenvalue weighted by Crippen LogP contribution is -2.00. The Hall–Kier alpha value is -20.0. The molecular formula is C135H90N12. The van der Waals surface area contributed by atoms with Crippen molar-refractivity contribution < 1.29 is 0 Å². The molecule has 6 heterocycles. The summed E-state index contributed by atoms with van der Waals surface area (Å²) >= 11 is 0. The van der Waals surface area contributed by atoms with Crippen LogP contribution in [0.15, 0.2) is 546 Å². The summed E-state index contributed by atoms with van der Waals surface area (Å²) in [4.78, 5) is 44.1. The van der Waals surface area contributed by atoms with Gasteiger partial charge in [0.25, 0.3) is 0 Å². The van der Waals surface area contributed by atoms with Crippen LogP contribution >= 0.6 is 0 Å². The quantitative estimate of drug-likeness (QED) is 0.0824. The summed E-state index contributed by atoms with van der Waals surface area (Å²) in [5.41, 5.74) is 33.1. The third-order valence-corrected chi connectivity index (χ3v) is 27.2. The average molecular weight is 1880 g/mol. The normalized spacial score (nSPS) is 11.3. The second-order valence-electron chi connectivity index (χ2n) is 36.3. The monoisotopic (exact) mass is 1880 g/mol. The van der Waals surface area contributed by atoms with Gasteiger partial charge in [0.05, 0.1) is 33.1 Å². The fourth-order valence-corrected chi connectivity index (χ4v) is 20.1. The standard InChI is InChI=1S/3C45H30N4/c1-4-15-31(16-5-1)43-46-44(32-17-6-2-7-18-32)48-45(47-43)36-22-13-20-34(30-36)33-19-12-21-35(29-33)38-26-14-27-40-39-25-10-11-28-41(39)49(42(38)40)37-23-8-3-9-24-37;1-4-14-32(15-5-1)43-46-44(33-16-6-2-7-17-33)48-45(47-43)34-28-26-31(27-29-34)35-18-12-19-36(30-35)38-23-13-24-40-39-22-10-11-25-41(39)49(42(38)40)37-20-8-3-9-21-37;1-4-13-34(14-5-1)43-46-44(35-15-6-2-7-16-35)48-45(47-43)36-29-25-32(26-30-36)31-23-27-33(28-24-31)38-20-12-21-40-39-19-10-11-22-41(39)49(42(38)40)37-17-8-3-9-18-37/h3*1-30H. The van der Waals surface area contributed by atoms with E-state index >= 15 is 0 Å². The van der Waals surface area contributed by atoms with Crippen LogP contribution < -0.4 is 0 Å². The van der Waals surface area contributed by atoms with Crippen LogP contribution in [0.3, 0.4) is 0 Å². The van der Waals surface area contributed by atoms with Gasteiger partial charge >= 0.3 is 0 Å². The molecule has 0 spiro atoms. The smallest absolute Gasteiger partial charge is 0.164 e. The highest BCUT2D eigenvalue weighted by Gasteiger charge is 2.24. The van der Waals surface area contributed by atoms with Crippen molar-refractivity contribution in [2.45, 2.75) is 0 Å². The van der Waals surface area contributed by atoms with E-state index in [0.717, 1.165) is 106 Å². The van der Waals surface area contributed by atoms with E-state index in [9.17, 15) is 0 Å². The highest BCUT2D eigenvalue weighted by Crippen LogP contribution is 2.45. The van der Waals surface area contributed by atoms with Gasteiger partial charge in [0.15, 0.2) is 52.4 Å². The van der Waals surface area contributed by atoms with Gasteiger partial charge in [-0.05, 0) is 123 Å². The Morgan fingerprint density at radius 3 is 0.558 bits per heavy atom. The summed E-state index contributed by atoms with van der Waals surface area (Å²) in [5.74, 6) is 5.87. The van der Waals surface area contributed by atoms with Crippen LogP contribution in [0.2, 0.25) is 0 Å². The fraction of sp³-hybridized carbons (Fsp3) is 0. The van der Waals surface area contributed by atoms with Crippen molar-refractivity contribution in [1.29, 1.82) is 0 Å². The first-order valence-electron chi connectivity index (χ1n) is 49.4. The van der Waals surface area contributed by atoms with E-state index in [2.05, 4.69) is 378 Å². The molecule has 0 aliphatic carbocycles. The van der Waals surface area contributed by atoms with E-state index in [4.69, 9.17) is 44.9 Å². The Kier molecular flexibility index (Phi) is 23.8. The van der Waals surface area contributed by atoms with E-state index in [1.165, 1.54) is 93.2 Å². The predicted molar refractivity (Wildman–Crippen MR) is 604 cm³/mol. The maximum Gasteiger partial charge on any atom is 0.164 e. The van der Waals surface area contributed by atoms with Crippen molar-refractivity contribution in [3.63, 3.8) is 0 Å². The summed E-state index contributed by atoms with van der Waals surface area (Å²) in [6.45, 7) is 0. The van der Waals surface area contributed by atoms with Crippen LogP contribution in [-0.4, -0.2) is 58.6 Å². The highest BCUT2D eigenvalue weighted by atomic mass is 15.1. The van der Waals surface area contributed by atoms with Crippen molar-refractivity contribution >= 4 is 65.4 Å². The lowest BCUT2D eigenvalue weighted by Gasteiger charge is -2.13. The number of hydrogen-bond acceptors (Lipinski definition) is 9. The molecule has 0 saturated carbocycles. The van der Waals surface area contributed by atoms with Gasteiger partial charge in [-0.3, -0.25) is 0 Å². The number of fused-ring (bicyclic) bond motifs is 9. The van der Waals surface area contributed by atoms with E-state index in [1.807, 2.05) is 182 Å². The maximum atomic E-state index is 4.97. The first-order chi connectivity index (χ1) is 72.9. The topological polar surface area (TPSA) is 131 Å². The SMILES string of the molecule is c1ccc(-c2nc(-c3ccccc3)nc(-c3ccc(-c4ccc(-c5cccc6c7ccccc7n(-c7ccccc7)c56)cc4)cc3)n2)cc1.c1ccc(-c2nc(-c3ccccc3)nc(-c3ccc(-c4cccc(-c5cccc6c7ccccc7n(-c7ccccc7)c56)c4)cc3)n2)cc1.c1ccc(-c2nc(-c3ccccc3)nc(-c3cccc(-c4cccc(-c5cccc6c7ccccc7n(-c7ccccc7)c56)c4)c3)n2)cc1. The van der Waals surface area contributed by atoms with Crippen molar-refractivity contribution in [2.75, 3.05) is 0 Å². The number of nitrogens with zero attached hydrogens (tertiary/aromatic N) is 12. The molecule has 27 aromatic rings. The van der Waals surface area contributed by atoms with E-state index in [0.29, 0.717) is 52.4 Å². The summed E-state index contributed by atoms with van der Waals surface area (Å²) in [5, 5.41) is 7.48. The van der Waals surface area contributed by atoms with Gasteiger partial charge in [-0.1, -0.05) is 473 Å². The van der Waals surface area contributed by atoms with Crippen LogP contribution in [0.5, 0.6) is 0 Å². The third kappa shape index (κ3) is 17.7. The van der Waals surface area contributed by atoms with Crippen molar-refractivity contribution in [3.05, 3.63) is 546 Å². The lowest BCUT2D eigenvalue weighted by molar-refractivity contribution is 1.07. The molecule has 0 amide bonds. The van der Waals surface area contributed by atoms with Gasteiger partial charge in [0, 0.05) is 116 Å². The van der Waals surface area contributed by atoms with Gasteiger partial charge in [0.2, 0.25) is 0 Å². The van der Waals surface area contributed by atoms with Crippen molar-refractivity contribution in [1.82, 2.24) is 58.6 Å². The molecule has 0 N–H and O–H groups in total. The zero-order valence-electron chi connectivity index (χ0n) is 79.8. The molecule has 0 fully saturated rings. The van der Waals surface area contributed by atoms with E-state index in [-0.39, 0.29) is 0 Å². The van der Waals surface area contributed by atoms with Gasteiger partial charge in [0.1, 0.15) is 0 Å². The Labute approximate surface area is 850 Å². The molecule has 0 unspecified atom stereocenters. The molecule has 0 radical (unpaired) electrons. The second kappa shape index (κ2) is 39.6. The zero-order valence-corrected chi connectivity index (χ0v) is 79.8. The minimum Gasteiger partial charge on any atom is -0.309 e. The molecule has 0 aliphatic heterocycles. The lowest BCUT2D eigenvalue weighted by atomic mass is 9.96. The summed E-state index contributed by atoms with van der Waals surface area (Å²) < 4.78 is 7.17. The van der Waals surface area contributed by atoms with Crippen LogP contribution in [0, 0.1) is 0 Å². The Morgan fingerprint density at radius 2 is 0.279 bits per heavy atom. The maximum absolute atomic E-state index is 4.97. The molecule has 12 heteroatoms. The number of benzene rings is 21. The average Bonchev–Trinajstić information content (AvgIpc) is 1.59. The van der Waals surface area contributed by atoms with E-state index < -0.39 is 0 Å². The van der Waals surface area contributed by atoms with Gasteiger partial charge in [-0.25, -0.2) is 44.9 Å². The summed E-state index contributed by atoms with van der Waals surface area (Å²) in [7, 11) is 0. The summed E-state index contributed by atoms with van der Waals surface area (Å²) in [6, 6.07) is 190. The zero-order chi connectivity index (χ0) is 97.7. The number of rotatable bonds is 18. The molecule has 12 nitrogen and oxygen atoms in total. The van der Waals surface area contributed by atoms with Crippen LogP contribution in [-0.2, 0) is 0 Å². The molecule has 21 aromatic carbocycles. The minimum atomic E-state index is 0.642. The highest BCUT2D eigenvalue weighted by molar-refractivity contribution is 6.17. The Bertz CT molecular complexity index is 9290. The van der Waals surface area contributed by atoms with Crippen molar-refractivity contribution in [2.24, 2.45) is 0 Å². The molecule has 690 valence electrons. The van der Waals surface area contributed by atoms with Gasteiger partial charge in [-0.15, -0.1) is 0 Å². The van der Waals surface area contributed by atoms with Crippen molar-refractivity contribution in [3.8, 4) is 186 Å². The molecule has 0 saturated heterocycles. The molecule has 27 rings (SSSR count). The molecule has 147 heavy (non-hydrogen) atoms. The molecule has 0 atom stereocenters. The van der Waals surface area contributed by atoms with Gasteiger partial charge in [-0.2, -0.15) is 0 Å². The number of aromatic nitrogens is 12. The number of para-hydroxylation sites is 9. The second-order valence-corrected chi connectivity index (χ2v) is 36.3. The largest absolute Gasteiger partial charge is 0.309 e. The van der Waals surface area contributed by atoms with Crippen LogP contribution in [0.1, 0.15) is 0 Å². The van der Waals surface area contributed by atoms with E-state index in [1.54, 1.807) is 0 Å².